The minimum atomic E-state index is -0.192. The molecule has 2 rings (SSSR count). The Morgan fingerprint density at radius 3 is 2.50 bits per heavy atom. The first kappa shape index (κ1) is 18.0. The van der Waals surface area contributed by atoms with E-state index in [1.165, 1.54) is 21.1 Å². The molecule has 1 heterocycles. The molecule has 1 amide bonds. The zero-order valence-electron chi connectivity index (χ0n) is 14.7. The number of nitrogens with zero attached hydrogens (tertiary/aromatic N) is 4. The van der Waals surface area contributed by atoms with Gasteiger partial charge in [0.05, 0.1) is 6.54 Å². The van der Waals surface area contributed by atoms with E-state index in [0.29, 0.717) is 13.1 Å². The maximum Gasteiger partial charge on any atom is 0.345 e. The molecule has 1 aromatic carbocycles. The monoisotopic (exact) mass is 330 g/mol. The standard InChI is InChI=1S/C18H26N4O2/c1-4-16(13-15-9-7-6-8-10-15)21(5-2)17(23)11-12-22-18(24)20(3)14-19-22/h6-10,14,16H,4-5,11-13H2,1-3H3. The molecule has 1 unspecified atom stereocenters. The smallest absolute Gasteiger partial charge is 0.340 e. The number of aromatic nitrogens is 3. The molecule has 130 valence electrons. The molecule has 0 bridgehead atoms. The van der Waals surface area contributed by atoms with E-state index >= 15 is 0 Å². The maximum atomic E-state index is 12.6. The van der Waals surface area contributed by atoms with E-state index in [2.05, 4.69) is 24.2 Å². The zero-order valence-corrected chi connectivity index (χ0v) is 14.7. The maximum absolute atomic E-state index is 12.6. The summed E-state index contributed by atoms with van der Waals surface area (Å²) in [6, 6.07) is 10.4. The zero-order chi connectivity index (χ0) is 17.5. The van der Waals surface area contributed by atoms with Gasteiger partial charge in [-0.25, -0.2) is 9.48 Å². The highest BCUT2D eigenvalue weighted by Gasteiger charge is 2.21. The molecule has 1 atom stereocenters. The van der Waals surface area contributed by atoms with Crippen molar-refractivity contribution in [3.05, 3.63) is 52.7 Å². The number of aryl methyl sites for hydroxylation is 2. The Morgan fingerprint density at radius 1 is 1.25 bits per heavy atom. The summed E-state index contributed by atoms with van der Waals surface area (Å²) in [5, 5.41) is 4.00. The molecule has 0 radical (unpaired) electrons. The molecule has 6 heteroatoms. The molecule has 0 fully saturated rings. The molecule has 0 aliphatic rings. The Bertz CT molecular complexity index is 705. The summed E-state index contributed by atoms with van der Waals surface area (Å²) < 4.78 is 2.75. The Morgan fingerprint density at radius 2 is 1.96 bits per heavy atom. The minimum Gasteiger partial charge on any atom is -0.340 e. The van der Waals surface area contributed by atoms with Crippen LogP contribution in [0, 0.1) is 0 Å². The van der Waals surface area contributed by atoms with Crippen LogP contribution in [0.2, 0.25) is 0 Å². The quantitative estimate of drug-likeness (QED) is 0.742. The van der Waals surface area contributed by atoms with Crippen molar-refractivity contribution in [3.63, 3.8) is 0 Å². The van der Waals surface area contributed by atoms with Gasteiger partial charge in [-0.3, -0.25) is 9.36 Å². The number of hydrogen-bond acceptors (Lipinski definition) is 3. The third-order valence-corrected chi connectivity index (χ3v) is 4.31. The van der Waals surface area contributed by atoms with E-state index in [1.807, 2.05) is 30.0 Å². The Labute approximate surface area is 142 Å². The van der Waals surface area contributed by atoms with Gasteiger partial charge in [0.15, 0.2) is 0 Å². The van der Waals surface area contributed by atoms with Crippen LogP contribution in [0.25, 0.3) is 0 Å². The van der Waals surface area contributed by atoms with E-state index in [0.717, 1.165) is 12.8 Å². The van der Waals surface area contributed by atoms with Crippen molar-refractivity contribution in [1.82, 2.24) is 19.2 Å². The normalized spacial score (nSPS) is 12.1. The minimum absolute atomic E-state index is 0.0674. The second-order valence-electron chi connectivity index (χ2n) is 5.93. The second-order valence-corrected chi connectivity index (χ2v) is 5.93. The Hall–Kier alpha value is -2.37. The van der Waals surface area contributed by atoms with Crippen molar-refractivity contribution in [2.45, 2.75) is 45.7 Å². The molecule has 2 aromatic rings. The van der Waals surface area contributed by atoms with Crippen molar-refractivity contribution in [1.29, 1.82) is 0 Å². The average Bonchev–Trinajstić information content (AvgIpc) is 2.92. The average molecular weight is 330 g/mol. The molecular weight excluding hydrogens is 304 g/mol. The van der Waals surface area contributed by atoms with Gasteiger partial charge in [0.2, 0.25) is 5.91 Å². The molecule has 0 aliphatic heterocycles. The highest BCUT2D eigenvalue weighted by Crippen LogP contribution is 2.13. The highest BCUT2D eigenvalue weighted by molar-refractivity contribution is 5.76. The predicted molar refractivity (Wildman–Crippen MR) is 93.7 cm³/mol. The van der Waals surface area contributed by atoms with Gasteiger partial charge in [-0.1, -0.05) is 37.3 Å². The van der Waals surface area contributed by atoms with Crippen molar-refractivity contribution in [2.75, 3.05) is 6.54 Å². The number of amides is 1. The lowest BCUT2D eigenvalue weighted by Gasteiger charge is -2.30. The summed E-state index contributed by atoms with van der Waals surface area (Å²) in [5.74, 6) is 0.0674. The van der Waals surface area contributed by atoms with Crippen LogP contribution in [-0.2, 0) is 24.8 Å². The van der Waals surface area contributed by atoms with Crippen LogP contribution < -0.4 is 5.69 Å². The van der Waals surface area contributed by atoms with Gasteiger partial charge in [-0.2, -0.15) is 5.10 Å². The number of carbonyl (C=O) groups is 1. The predicted octanol–water partition coefficient (Wildman–Crippen LogP) is 1.84. The molecule has 1 aromatic heterocycles. The third kappa shape index (κ3) is 4.34. The molecule has 0 saturated carbocycles. The molecule has 0 spiro atoms. The summed E-state index contributed by atoms with van der Waals surface area (Å²) in [4.78, 5) is 26.3. The second kappa shape index (κ2) is 8.47. The lowest BCUT2D eigenvalue weighted by atomic mass is 10.0. The lowest BCUT2D eigenvalue weighted by molar-refractivity contribution is -0.133. The third-order valence-electron chi connectivity index (χ3n) is 4.31. The van der Waals surface area contributed by atoms with Gasteiger partial charge in [0.1, 0.15) is 6.33 Å². The SMILES string of the molecule is CCC(Cc1ccccc1)N(CC)C(=O)CCn1ncn(C)c1=O. The van der Waals surface area contributed by atoms with Crippen molar-refractivity contribution in [2.24, 2.45) is 7.05 Å². The van der Waals surface area contributed by atoms with Gasteiger partial charge in [-0.15, -0.1) is 0 Å². The largest absolute Gasteiger partial charge is 0.345 e. The first-order valence-corrected chi connectivity index (χ1v) is 8.48. The molecule has 0 N–H and O–H groups in total. The number of rotatable bonds is 8. The van der Waals surface area contributed by atoms with E-state index in [9.17, 15) is 9.59 Å². The van der Waals surface area contributed by atoms with Crippen molar-refractivity contribution in [3.8, 4) is 0 Å². The van der Waals surface area contributed by atoms with E-state index in [4.69, 9.17) is 0 Å². The summed E-state index contributed by atoms with van der Waals surface area (Å²) in [6.45, 7) is 5.09. The van der Waals surface area contributed by atoms with Crippen molar-refractivity contribution < 1.29 is 4.79 Å². The lowest BCUT2D eigenvalue weighted by Crippen LogP contribution is -2.41. The number of likely N-dealkylation sites (N-methyl/N-ethyl adjacent to an activating group) is 1. The van der Waals surface area contributed by atoms with Gasteiger partial charge in [-0.05, 0) is 25.3 Å². The summed E-state index contributed by atoms with van der Waals surface area (Å²) in [7, 11) is 1.65. The summed E-state index contributed by atoms with van der Waals surface area (Å²) >= 11 is 0. The Balaban J connectivity index is 2.00. The fourth-order valence-corrected chi connectivity index (χ4v) is 2.92. The van der Waals surface area contributed by atoms with Crippen LogP contribution in [0.3, 0.4) is 0 Å². The first-order chi connectivity index (χ1) is 11.6. The van der Waals surface area contributed by atoms with Crippen LogP contribution in [0.15, 0.2) is 41.5 Å². The van der Waals surface area contributed by atoms with Crippen LogP contribution in [0.1, 0.15) is 32.3 Å². The number of benzene rings is 1. The van der Waals surface area contributed by atoms with E-state index < -0.39 is 0 Å². The van der Waals surface area contributed by atoms with Gasteiger partial charge < -0.3 is 4.90 Å². The molecule has 24 heavy (non-hydrogen) atoms. The fraction of sp³-hybridized carbons (Fsp3) is 0.500. The molecule has 6 nitrogen and oxygen atoms in total. The van der Waals surface area contributed by atoms with E-state index in [1.54, 1.807) is 7.05 Å². The van der Waals surface area contributed by atoms with Gasteiger partial charge in [0.25, 0.3) is 0 Å². The van der Waals surface area contributed by atoms with Crippen LogP contribution in [0.5, 0.6) is 0 Å². The van der Waals surface area contributed by atoms with Crippen LogP contribution in [0.4, 0.5) is 0 Å². The van der Waals surface area contributed by atoms with Crippen LogP contribution in [-0.4, -0.2) is 37.7 Å². The number of hydrogen-bond donors (Lipinski definition) is 0. The first-order valence-electron chi connectivity index (χ1n) is 8.48. The molecular formula is C18H26N4O2. The fourth-order valence-electron chi connectivity index (χ4n) is 2.92. The number of carbonyl (C=O) groups excluding carboxylic acids is 1. The molecule has 0 aliphatic carbocycles. The molecule has 0 saturated heterocycles. The Kier molecular flexibility index (Phi) is 6.35. The highest BCUT2D eigenvalue weighted by atomic mass is 16.2. The van der Waals surface area contributed by atoms with Crippen molar-refractivity contribution >= 4 is 5.91 Å². The topological polar surface area (TPSA) is 60.1 Å². The van der Waals surface area contributed by atoms with Gasteiger partial charge in [0, 0.05) is 26.1 Å². The summed E-state index contributed by atoms with van der Waals surface area (Å²) in [5.41, 5.74) is 1.04. The van der Waals surface area contributed by atoms with Crippen LogP contribution >= 0.6 is 0 Å². The van der Waals surface area contributed by atoms with Gasteiger partial charge >= 0.3 is 5.69 Å². The summed E-state index contributed by atoms with van der Waals surface area (Å²) in [6.07, 6.45) is 3.50. The van der Waals surface area contributed by atoms with E-state index in [-0.39, 0.29) is 24.1 Å².